The molecule has 26 heavy (non-hydrogen) atoms. The van der Waals surface area contributed by atoms with Crippen molar-refractivity contribution in [3.05, 3.63) is 52.1 Å². The van der Waals surface area contributed by atoms with E-state index in [0.717, 1.165) is 0 Å². The zero-order chi connectivity index (χ0) is 18.7. The highest BCUT2D eigenvalue weighted by molar-refractivity contribution is 7.99. The van der Waals surface area contributed by atoms with Crippen LogP contribution in [0.1, 0.15) is 23.7 Å². The van der Waals surface area contributed by atoms with E-state index in [0.29, 0.717) is 38.5 Å². The summed E-state index contributed by atoms with van der Waals surface area (Å²) in [5.74, 6) is 0.0508. The van der Waals surface area contributed by atoms with E-state index in [1.165, 1.54) is 11.8 Å². The van der Waals surface area contributed by atoms with E-state index in [1.807, 2.05) is 0 Å². The fourth-order valence-corrected chi connectivity index (χ4v) is 3.52. The minimum Gasteiger partial charge on any atom is -0.326 e. The molecule has 0 radical (unpaired) electrons. The Bertz CT molecular complexity index is 973. The first-order chi connectivity index (χ1) is 12.5. The molecule has 2 heterocycles. The number of amides is 1. The van der Waals surface area contributed by atoms with Crippen molar-refractivity contribution in [1.82, 2.24) is 14.6 Å². The first kappa shape index (κ1) is 18.7. The van der Waals surface area contributed by atoms with Crippen LogP contribution in [0.15, 0.2) is 41.7 Å². The Kier molecular flexibility index (Phi) is 5.80. The van der Waals surface area contributed by atoms with Crippen molar-refractivity contribution in [1.29, 1.82) is 0 Å². The number of rotatable bonds is 6. The molecule has 3 aromatic rings. The van der Waals surface area contributed by atoms with Gasteiger partial charge in [-0.1, -0.05) is 41.9 Å². The molecular weight excluding hydrogens is 395 g/mol. The number of hydrogen-bond acceptors (Lipinski definition) is 5. The number of ketones is 1. The van der Waals surface area contributed by atoms with E-state index >= 15 is 0 Å². The second-order valence-electron chi connectivity index (χ2n) is 5.37. The SMILES string of the molecule is CCC(=O)Nc1ccc(C(=O)CSc2nnc3c(Cl)cc(Cl)cn23)cc1. The first-order valence-electron chi connectivity index (χ1n) is 7.73. The van der Waals surface area contributed by atoms with Gasteiger partial charge in [0.1, 0.15) is 0 Å². The summed E-state index contributed by atoms with van der Waals surface area (Å²) >= 11 is 13.3. The number of carbonyl (C=O) groups is 2. The highest BCUT2D eigenvalue weighted by atomic mass is 35.5. The molecule has 0 bridgehead atoms. The Morgan fingerprint density at radius 3 is 2.62 bits per heavy atom. The smallest absolute Gasteiger partial charge is 0.224 e. The summed E-state index contributed by atoms with van der Waals surface area (Å²) < 4.78 is 1.66. The third kappa shape index (κ3) is 4.17. The lowest BCUT2D eigenvalue weighted by molar-refractivity contribution is -0.115. The van der Waals surface area contributed by atoms with E-state index in [9.17, 15) is 9.59 Å². The van der Waals surface area contributed by atoms with Gasteiger partial charge in [0.2, 0.25) is 5.91 Å². The number of nitrogens with one attached hydrogen (secondary N) is 1. The second-order valence-corrected chi connectivity index (χ2v) is 7.16. The Morgan fingerprint density at radius 2 is 1.92 bits per heavy atom. The number of thioether (sulfide) groups is 1. The summed E-state index contributed by atoms with van der Waals surface area (Å²) in [5, 5.41) is 12.2. The molecule has 0 atom stereocenters. The van der Waals surface area contributed by atoms with Gasteiger partial charge in [-0.25, -0.2) is 0 Å². The van der Waals surface area contributed by atoms with Gasteiger partial charge in [-0.15, -0.1) is 10.2 Å². The average Bonchev–Trinajstić information content (AvgIpc) is 3.03. The van der Waals surface area contributed by atoms with Gasteiger partial charge in [-0.3, -0.25) is 14.0 Å². The van der Waals surface area contributed by atoms with Crippen LogP contribution in [0.2, 0.25) is 10.0 Å². The number of benzene rings is 1. The van der Waals surface area contributed by atoms with Crippen molar-refractivity contribution in [3.63, 3.8) is 0 Å². The third-order valence-electron chi connectivity index (χ3n) is 3.54. The summed E-state index contributed by atoms with van der Waals surface area (Å²) in [4.78, 5) is 23.8. The quantitative estimate of drug-likeness (QED) is 0.484. The predicted molar refractivity (Wildman–Crippen MR) is 103 cm³/mol. The molecule has 0 fully saturated rings. The molecule has 2 aromatic heterocycles. The lowest BCUT2D eigenvalue weighted by atomic mass is 10.1. The minimum absolute atomic E-state index is 0.0618. The van der Waals surface area contributed by atoms with Crippen molar-refractivity contribution in [2.45, 2.75) is 18.5 Å². The fraction of sp³-hybridized carbons (Fsp3) is 0.176. The fourth-order valence-electron chi connectivity index (χ4n) is 2.20. The largest absolute Gasteiger partial charge is 0.326 e. The summed E-state index contributed by atoms with van der Waals surface area (Å²) in [7, 11) is 0. The molecule has 134 valence electrons. The van der Waals surface area contributed by atoms with E-state index in [4.69, 9.17) is 23.2 Å². The van der Waals surface area contributed by atoms with Gasteiger partial charge in [0.25, 0.3) is 0 Å². The Balaban J connectivity index is 1.68. The van der Waals surface area contributed by atoms with Crippen LogP contribution in [0.5, 0.6) is 0 Å². The Hall–Kier alpha value is -2.09. The van der Waals surface area contributed by atoms with Crippen LogP contribution in [0.4, 0.5) is 5.69 Å². The van der Waals surface area contributed by atoms with Gasteiger partial charge < -0.3 is 5.32 Å². The lowest BCUT2D eigenvalue weighted by Crippen LogP contribution is -2.09. The zero-order valence-corrected chi connectivity index (χ0v) is 16.0. The number of fused-ring (bicyclic) bond motifs is 1. The second kappa shape index (κ2) is 8.07. The van der Waals surface area contributed by atoms with Crippen LogP contribution < -0.4 is 5.32 Å². The molecule has 0 aliphatic rings. The number of Topliss-reactive ketones (excluding diaryl/α,β-unsaturated/α-hetero) is 1. The molecule has 0 saturated heterocycles. The summed E-state index contributed by atoms with van der Waals surface area (Å²) in [6.45, 7) is 1.78. The Morgan fingerprint density at radius 1 is 1.19 bits per heavy atom. The minimum atomic E-state index is -0.0735. The molecule has 3 rings (SSSR count). The number of pyridine rings is 1. The van der Waals surface area contributed by atoms with E-state index in [2.05, 4.69) is 15.5 Å². The van der Waals surface area contributed by atoms with E-state index in [-0.39, 0.29) is 17.4 Å². The molecule has 1 amide bonds. The predicted octanol–water partition coefficient (Wildman–Crippen LogP) is 4.36. The van der Waals surface area contributed by atoms with Crippen LogP contribution in [-0.4, -0.2) is 32.0 Å². The van der Waals surface area contributed by atoms with Gasteiger partial charge in [0.05, 0.1) is 15.8 Å². The summed E-state index contributed by atoms with van der Waals surface area (Å²) in [6.07, 6.45) is 2.05. The molecule has 0 aliphatic carbocycles. The standard InChI is InChI=1S/C17H14Cl2N4O2S/c1-2-15(25)20-12-5-3-10(4-6-12)14(24)9-26-17-22-21-16-13(19)7-11(18)8-23(16)17/h3-8H,2,9H2,1H3,(H,20,25). The monoisotopic (exact) mass is 408 g/mol. The zero-order valence-electron chi connectivity index (χ0n) is 13.7. The molecular formula is C17H14Cl2N4O2S. The van der Waals surface area contributed by atoms with Crippen molar-refractivity contribution < 1.29 is 9.59 Å². The molecule has 1 aromatic carbocycles. The number of nitrogens with zero attached hydrogens (tertiary/aromatic N) is 3. The van der Waals surface area contributed by atoms with Gasteiger partial charge in [0, 0.05) is 23.9 Å². The molecule has 1 N–H and O–H groups in total. The van der Waals surface area contributed by atoms with E-state index in [1.54, 1.807) is 47.9 Å². The van der Waals surface area contributed by atoms with Crippen molar-refractivity contribution in [2.24, 2.45) is 0 Å². The normalized spacial score (nSPS) is 10.9. The van der Waals surface area contributed by atoms with Crippen molar-refractivity contribution in [2.75, 3.05) is 11.1 Å². The maximum atomic E-state index is 12.4. The Labute approximate surface area is 163 Å². The van der Waals surface area contributed by atoms with Gasteiger partial charge in [-0.05, 0) is 30.3 Å². The maximum Gasteiger partial charge on any atom is 0.224 e. The average molecular weight is 409 g/mol. The third-order valence-corrected chi connectivity index (χ3v) is 4.97. The number of halogens is 2. The highest BCUT2D eigenvalue weighted by Gasteiger charge is 2.13. The molecule has 6 nitrogen and oxygen atoms in total. The molecule has 0 aliphatic heterocycles. The van der Waals surface area contributed by atoms with Gasteiger partial charge in [-0.2, -0.15) is 0 Å². The number of anilines is 1. The number of carbonyl (C=O) groups excluding carboxylic acids is 2. The van der Waals surface area contributed by atoms with Crippen LogP contribution in [0.25, 0.3) is 5.65 Å². The van der Waals surface area contributed by atoms with Crippen molar-refractivity contribution in [3.8, 4) is 0 Å². The molecule has 0 unspecified atom stereocenters. The maximum absolute atomic E-state index is 12.4. The number of hydrogen-bond donors (Lipinski definition) is 1. The number of aromatic nitrogens is 3. The first-order valence-corrected chi connectivity index (χ1v) is 9.47. The van der Waals surface area contributed by atoms with Gasteiger partial charge in [0.15, 0.2) is 16.6 Å². The molecule has 0 spiro atoms. The van der Waals surface area contributed by atoms with Crippen molar-refractivity contribution >= 4 is 58.0 Å². The highest BCUT2D eigenvalue weighted by Crippen LogP contribution is 2.25. The molecule has 0 saturated carbocycles. The lowest BCUT2D eigenvalue weighted by Gasteiger charge is -2.05. The topological polar surface area (TPSA) is 76.4 Å². The van der Waals surface area contributed by atoms with Crippen LogP contribution >= 0.6 is 35.0 Å². The van der Waals surface area contributed by atoms with Gasteiger partial charge >= 0.3 is 0 Å². The van der Waals surface area contributed by atoms with Crippen LogP contribution in [0.3, 0.4) is 0 Å². The summed E-state index contributed by atoms with van der Waals surface area (Å²) in [5.41, 5.74) is 1.70. The molecule has 9 heteroatoms. The summed E-state index contributed by atoms with van der Waals surface area (Å²) in [6, 6.07) is 8.37. The van der Waals surface area contributed by atoms with E-state index < -0.39 is 0 Å². The van der Waals surface area contributed by atoms with Crippen LogP contribution in [-0.2, 0) is 4.79 Å². The van der Waals surface area contributed by atoms with Crippen LogP contribution in [0, 0.1) is 0 Å².